The molecule has 6 nitrogen and oxygen atoms in total. The highest BCUT2D eigenvalue weighted by molar-refractivity contribution is 9.11. The number of benzene rings is 3. The van der Waals surface area contributed by atoms with E-state index in [2.05, 4.69) is 37.9 Å². The van der Waals surface area contributed by atoms with E-state index in [-0.39, 0.29) is 19.3 Å². The standard InChI is InChI=1S/C24H14Br2Cl2N2O4/c25-16-3-12(4-17(26)23(16)31-9-11-1-2-13(27)5-18(11)28)22-14-6-20-21(33-10-32-20)7-19(14)34-24(30)15(22)8-29/h1-7,22H,9-10,30H2/t22-/m1/s1. The summed E-state index contributed by atoms with van der Waals surface area (Å²) in [5.41, 5.74) is 8.76. The first kappa shape index (κ1) is 23.2. The van der Waals surface area contributed by atoms with Crippen LogP contribution in [-0.4, -0.2) is 6.79 Å². The molecule has 0 unspecified atom stereocenters. The monoisotopic (exact) mass is 622 g/mol. The molecule has 5 rings (SSSR count). The van der Waals surface area contributed by atoms with E-state index in [1.807, 2.05) is 24.3 Å². The van der Waals surface area contributed by atoms with Crippen LogP contribution in [0.25, 0.3) is 0 Å². The molecule has 0 aliphatic carbocycles. The third kappa shape index (κ3) is 4.18. The van der Waals surface area contributed by atoms with E-state index in [0.717, 1.165) is 16.7 Å². The smallest absolute Gasteiger partial charge is 0.231 e. The fraction of sp³-hybridized carbons (Fsp3) is 0.125. The SMILES string of the molecule is N#CC1=C(N)Oc2cc3c(cc2[C@H]1c1cc(Br)c(OCc2ccc(Cl)cc2Cl)c(Br)c1)OCO3. The zero-order valence-corrected chi connectivity index (χ0v) is 21.9. The van der Waals surface area contributed by atoms with Crippen molar-refractivity contribution in [1.29, 1.82) is 5.26 Å². The van der Waals surface area contributed by atoms with E-state index in [0.29, 0.717) is 47.6 Å². The summed E-state index contributed by atoms with van der Waals surface area (Å²) in [4.78, 5) is 0. The Bertz CT molecular complexity index is 1380. The maximum atomic E-state index is 9.87. The highest BCUT2D eigenvalue weighted by atomic mass is 79.9. The van der Waals surface area contributed by atoms with E-state index in [1.165, 1.54) is 0 Å². The fourth-order valence-corrected chi connectivity index (χ4v) is 5.78. The normalized spacial score (nSPS) is 16.0. The van der Waals surface area contributed by atoms with E-state index in [1.54, 1.807) is 18.2 Å². The van der Waals surface area contributed by atoms with Crippen LogP contribution >= 0.6 is 55.1 Å². The van der Waals surface area contributed by atoms with E-state index >= 15 is 0 Å². The molecule has 2 N–H and O–H groups in total. The Hall–Kier alpha value is -2.57. The first-order valence-corrected chi connectivity index (χ1v) is 12.3. The van der Waals surface area contributed by atoms with Crippen molar-refractivity contribution in [2.24, 2.45) is 5.73 Å². The van der Waals surface area contributed by atoms with Crippen LogP contribution < -0.4 is 24.7 Å². The minimum absolute atomic E-state index is 0.0452. The summed E-state index contributed by atoms with van der Waals surface area (Å²) < 4.78 is 24.1. The third-order valence-electron chi connectivity index (χ3n) is 5.45. The Morgan fingerprint density at radius 3 is 2.41 bits per heavy atom. The number of halogens is 4. The van der Waals surface area contributed by atoms with E-state index in [4.69, 9.17) is 47.9 Å². The maximum Gasteiger partial charge on any atom is 0.231 e. The molecular weight excluding hydrogens is 611 g/mol. The number of hydrogen-bond donors (Lipinski definition) is 1. The summed E-state index contributed by atoms with van der Waals surface area (Å²) in [7, 11) is 0. The number of nitrogens with two attached hydrogens (primary N) is 1. The number of nitriles is 1. The molecule has 0 spiro atoms. The topological polar surface area (TPSA) is 86.7 Å². The van der Waals surface area contributed by atoms with Gasteiger partial charge in [0.2, 0.25) is 12.7 Å². The van der Waals surface area contributed by atoms with Crippen LogP contribution in [0.1, 0.15) is 22.6 Å². The lowest BCUT2D eigenvalue weighted by Crippen LogP contribution is -2.21. The molecule has 10 heteroatoms. The molecule has 2 aliphatic heterocycles. The van der Waals surface area contributed by atoms with Crippen molar-refractivity contribution >= 4 is 55.1 Å². The summed E-state index contributed by atoms with van der Waals surface area (Å²) in [5, 5.41) is 10.9. The van der Waals surface area contributed by atoms with Crippen LogP contribution in [0.3, 0.4) is 0 Å². The van der Waals surface area contributed by atoms with Gasteiger partial charge in [-0.3, -0.25) is 0 Å². The summed E-state index contributed by atoms with van der Waals surface area (Å²) in [5.74, 6) is 1.82. The molecule has 172 valence electrons. The summed E-state index contributed by atoms with van der Waals surface area (Å²) >= 11 is 19.4. The van der Waals surface area contributed by atoms with Crippen molar-refractivity contribution in [3.63, 3.8) is 0 Å². The van der Waals surface area contributed by atoms with Crippen molar-refractivity contribution in [2.75, 3.05) is 6.79 Å². The van der Waals surface area contributed by atoms with Crippen LogP contribution in [0.15, 0.2) is 62.9 Å². The summed E-state index contributed by atoms with van der Waals surface area (Å²) in [6.07, 6.45) is 0. The summed E-state index contributed by atoms with van der Waals surface area (Å²) in [6.45, 7) is 0.365. The van der Waals surface area contributed by atoms with Gasteiger partial charge >= 0.3 is 0 Å². The molecule has 0 aromatic heterocycles. The highest BCUT2D eigenvalue weighted by Gasteiger charge is 2.34. The Labute approximate surface area is 222 Å². The Morgan fingerprint density at radius 1 is 1.03 bits per heavy atom. The first-order valence-electron chi connectivity index (χ1n) is 9.92. The molecule has 2 heterocycles. The predicted molar refractivity (Wildman–Crippen MR) is 134 cm³/mol. The zero-order chi connectivity index (χ0) is 24.0. The second kappa shape index (κ2) is 9.23. The molecule has 0 radical (unpaired) electrons. The number of rotatable bonds is 4. The molecule has 1 atom stereocenters. The lowest BCUT2D eigenvalue weighted by Gasteiger charge is -2.27. The van der Waals surface area contributed by atoms with Crippen LogP contribution in [0.5, 0.6) is 23.0 Å². The number of hydrogen-bond acceptors (Lipinski definition) is 6. The quantitative estimate of drug-likeness (QED) is 0.335. The molecule has 0 bridgehead atoms. The Balaban J connectivity index is 1.52. The van der Waals surface area contributed by atoms with Gasteiger partial charge in [-0.15, -0.1) is 0 Å². The van der Waals surface area contributed by atoms with Crippen molar-refractivity contribution in [3.05, 3.63) is 89.6 Å². The first-order chi connectivity index (χ1) is 16.4. The molecule has 3 aromatic rings. The molecule has 3 aromatic carbocycles. The number of fused-ring (bicyclic) bond motifs is 2. The summed E-state index contributed by atoms with van der Waals surface area (Å²) in [6, 6.07) is 14.8. The lowest BCUT2D eigenvalue weighted by atomic mass is 9.83. The van der Waals surface area contributed by atoms with Gasteiger partial charge in [-0.25, -0.2) is 0 Å². The maximum absolute atomic E-state index is 9.87. The number of allylic oxidation sites excluding steroid dienone is 1. The van der Waals surface area contributed by atoms with E-state index in [9.17, 15) is 5.26 Å². The molecule has 34 heavy (non-hydrogen) atoms. The van der Waals surface area contributed by atoms with Crippen molar-refractivity contribution < 1.29 is 18.9 Å². The van der Waals surface area contributed by atoms with Gasteiger partial charge in [0, 0.05) is 27.2 Å². The van der Waals surface area contributed by atoms with Gasteiger partial charge < -0.3 is 24.7 Å². The van der Waals surface area contributed by atoms with Crippen molar-refractivity contribution in [1.82, 2.24) is 0 Å². The molecule has 0 amide bonds. The van der Waals surface area contributed by atoms with Gasteiger partial charge in [-0.1, -0.05) is 29.3 Å². The second-order valence-corrected chi connectivity index (χ2v) is 10.1. The molecule has 2 aliphatic rings. The molecule has 0 saturated carbocycles. The zero-order valence-electron chi connectivity index (χ0n) is 17.2. The van der Waals surface area contributed by atoms with Crippen molar-refractivity contribution in [2.45, 2.75) is 12.5 Å². The average Bonchev–Trinajstić information content (AvgIpc) is 3.24. The fourth-order valence-electron chi connectivity index (χ4n) is 3.86. The van der Waals surface area contributed by atoms with Gasteiger partial charge in [0.05, 0.1) is 14.9 Å². The highest BCUT2D eigenvalue weighted by Crippen LogP contribution is 2.49. The average molecular weight is 625 g/mol. The lowest BCUT2D eigenvalue weighted by molar-refractivity contribution is 0.174. The number of nitrogens with zero attached hydrogens (tertiary/aromatic N) is 1. The van der Waals surface area contributed by atoms with Gasteiger partial charge in [0.1, 0.15) is 29.7 Å². The van der Waals surface area contributed by atoms with Gasteiger partial charge in [-0.05, 0) is 67.8 Å². The van der Waals surface area contributed by atoms with Gasteiger partial charge in [-0.2, -0.15) is 5.26 Å². The molecule has 0 fully saturated rings. The van der Waals surface area contributed by atoms with Crippen molar-refractivity contribution in [3.8, 4) is 29.1 Å². The Morgan fingerprint density at radius 2 is 1.74 bits per heavy atom. The Kier molecular flexibility index (Phi) is 6.30. The van der Waals surface area contributed by atoms with Crippen LogP contribution in [0.2, 0.25) is 10.0 Å². The second-order valence-electron chi connectivity index (χ2n) is 7.51. The third-order valence-corrected chi connectivity index (χ3v) is 7.22. The van der Waals surface area contributed by atoms with Crippen LogP contribution in [-0.2, 0) is 6.61 Å². The largest absolute Gasteiger partial charge is 0.486 e. The minimum atomic E-state index is -0.476. The van der Waals surface area contributed by atoms with Crippen LogP contribution in [0.4, 0.5) is 0 Å². The van der Waals surface area contributed by atoms with Gasteiger partial charge in [0.15, 0.2) is 11.5 Å². The molecule has 0 saturated heterocycles. The van der Waals surface area contributed by atoms with Gasteiger partial charge in [0.25, 0.3) is 0 Å². The minimum Gasteiger partial charge on any atom is -0.486 e. The van der Waals surface area contributed by atoms with Crippen LogP contribution in [0, 0.1) is 11.3 Å². The number of ether oxygens (including phenoxy) is 4. The predicted octanol–water partition coefficient (Wildman–Crippen LogP) is 7.04. The molecular formula is C24H14Br2Cl2N2O4. The van der Waals surface area contributed by atoms with E-state index < -0.39 is 5.92 Å².